The average Bonchev–Trinajstić information content (AvgIpc) is 2.26. The number of ether oxygens (including phenoxy) is 1. The van der Waals surface area contributed by atoms with Gasteiger partial charge in [-0.25, -0.2) is 4.39 Å². The van der Waals surface area contributed by atoms with Gasteiger partial charge >= 0.3 is 0 Å². The lowest BCUT2D eigenvalue weighted by Crippen LogP contribution is -2.36. The lowest BCUT2D eigenvalue weighted by molar-refractivity contribution is 0.182. The van der Waals surface area contributed by atoms with E-state index in [9.17, 15) is 4.39 Å². The van der Waals surface area contributed by atoms with E-state index in [4.69, 9.17) is 10.5 Å². The highest BCUT2D eigenvalue weighted by Gasteiger charge is 2.16. The number of nitrogen functional groups attached to an aromatic ring is 1. The Labute approximate surface area is 102 Å². The van der Waals surface area contributed by atoms with Crippen molar-refractivity contribution in [3.63, 3.8) is 0 Å². The Morgan fingerprint density at radius 2 is 2.12 bits per heavy atom. The lowest BCUT2D eigenvalue weighted by Gasteiger charge is -2.31. The SMILES string of the molecule is CCN(c1cc(C)c(F)cc1N)C(C)COC. The van der Waals surface area contributed by atoms with Gasteiger partial charge in [-0.1, -0.05) is 0 Å². The number of nitrogens with zero attached hydrogens (tertiary/aromatic N) is 1. The van der Waals surface area contributed by atoms with E-state index in [0.29, 0.717) is 17.9 Å². The Balaban J connectivity index is 3.07. The summed E-state index contributed by atoms with van der Waals surface area (Å²) in [5, 5.41) is 0. The molecule has 96 valence electrons. The van der Waals surface area contributed by atoms with E-state index in [1.807, 2.05) is 6.92 Å². The second-order valence-electron chi connectivity index (χ2n) is 4.25. The van der Waals surface area contributed by atoms with E-state index >= 15 is 0 Å². The molecule has 4 heteroatoms. The largest absolute Gasteiger partial charge is 0.397 e. The molecule has 2 N–H and O–H groups in total. The first-order valence-electron chi connectivity index (χ1n) is 5.82. The number of likely N-dealkylation sites (N-methyl/N-ethyl adjacent to an activating group) is 1. The summed E-state index contributed by atoms with van der Waals surface area (Å²) in [5.41, 5.74) is 7.83. The van der Waals surface area contributed by atoms with Gasteiger partial charge < -0.3 is 15.4 Å². The van der Waals surface area contributed by atoms with Gasteiger partial charge in [-0.2, -0.15) is 0 Å². The summed E-state index contributed by atoms with van der Waals surface area (Å²) in [5.74, 6) is -0.262. The van der Waals surface area contributed by atoms with E-state index in [0.717, 1.165) is 12.2 Å². The predicted molar refractivity (Wildman–Crippen MR) is 69.9 cm³/mol. The van der Waals surface area contributed by atoms with Crippen LogP contribution in [-0.4, -0.2) is 26.3 Å². The third kappa shape index (κ3) is 3.09. The summed E-state index contributed by atoms with van der Waals surface area (Å²) in [6, 6.07) is 3.38. The molecule has 17 heavy (non-hydrogen) atoms. The third-order valence-electron chi connectivity index (χ3n) is 2.90. The number of hydrogen-bond acceptors (Lipinski definition) is 3. The smallest absolute Gasteiger partial charge is 0.128 e. The molecule has 0 saturated carbocycles. The molecule has 0 aromatic heterocycles. The van der Waals surface area contributed by atoms with Gasteiger partial charge in [0.1, 0.15) is 5.82 Å². The van der Waals surface area contributed by atoms with Crippen LogP contribution in [0.5, 0.6) is 0 Å². The van der Waals surface area contributed by atoms with Crippen LogP contribution < -0.4 is 10.6 Å². The van der Waals surface area contributed by atoms with Crippen LogP contribution in [-0.2, 0) is 4.74 Å². The molecule has 1 atom stereocenters. The number of nitrogens with two attached hydrogens (primary N) is 1. The first kappa shape index (κ1) is 13.8. The van der Waals surface area contributed by atoms with Crippen molar-refractivity contribution in [3.05, 3.63) is 23.5 Å². The monoisotopic (exact) mass is 240 g/mol. The molecule has 0 spiro atoms. The van der Waals surface area contributed by atoms with Crippen molar-refractivity contribution in [2.75, 3.05) is 30.9 Å². The van der Waals surface area contributed by atoms with Crippen LogP contribution in [0.25, 0.3) is 0 Å². The summed E-state index contributed by atoms with van der Waals surface area (Å²) in [6.45, 7) is 7.27. The number of anilines is 2. The lowest BCUT2D eigenvalue weighted by atomic mass is 10.1. The van der Waals surface area contributed by atoms with Gasteiger partial charge in [-0.3, -0.25) is 0 Å². The summed E-state index contributed by atoms with van der Waals surface area (Å²) in [4.78, 5) is 2.12. The Morgan fingerprint density at radius 3 is 2.65 bits per heavy atom. The molecule has 0 aliphatic rings. The molecule has 0 aliphatic heterocycles. The summed E-state index contributed by atoms with van der Waals surface area (Å²) in [7, 11) is 1.67. The van der Waals surface area contributed by atoms with Crippen LogP contribution in [0.2, 0.25) is 0 Å². The van der Waals surface area contributed by atoms with Gasteiger partial charge in [-0.15, -0.1) is 0 Å². The number of rotatable bonds is 5. The van der Waals surface area contributed by atoms with Crippen molar-refractivity contribution >= 4 is 11.4 Å². The maximum Gasteiger partial charge on any atom is 0.128 e. The molecular formula is C13H21FN2O. The number of hydrogen-bond donors (Lipinski definition) is 1. The molecule has 1 unspecified atom stereocenters. The van der Waals surface area contributed by atoms with Gasteiger partial charge in [-0.05, 0) is 38.5 Å². The van der Waals surface area contributed by atoms with Crippen LogP contribution in [0.15, 0.2) is 12.1 Å². The first-order chi connectivity index (χ1) is 8.01. The quantitative estimate of drug-likeness (QED) is 0.804. The van der Waals surface area contributed by atoms with Gasteiger partial charge in [0, 0.05) is 19.7 Å². The standard InChI is InChI=1S/C13H21FN2O/c1-5-16(10(3)8-17-4)13-6-9(2)11(14)7-12(13)15/h6-7,10H,5,8,15H2,1-4H3. The van der Waals surface area contributed by atoms with E-state index in [1.165, 1.54) is 6.07 Å². The molecule has 1 rings (SSSR count). The minimum absolute atomic E-state index is 0.206. The second-order valence-corrected chi connectivity index (χ2v) is 4.25. The van der Waals surface area contributed by atoms with Crippen molar-refractivity contribution in [2.24, 2.45) is 0 Å². The maximum absolute atomic E-state index is 13.4. The molecule has 0 saturated heterocycles. The average molecular weight is 240 g/mol. The van der Waals surface area contributed by atoms with Gasteiger partial charge in [0.05, 0.1) is 18.0 Å². The molecule has 1 aromatic carbocycles. The fourth-order valence-corrected chi connectivity index (χ4v) is 1.98. The zero-order valence-electron chi connectivity index (χ0n) is 11.0. The Bertz CT molecular complexity index is 382. The zero-order chi connectivity index (χ0) is 13.0. The molecule has 0 aliphatic carbocycles. The van der Waals surface area contributed by atoms with Crippen molar-refractivity contribution < 1.29 is 9.13 Å². The predicted octanol–water partition coefficient (Wildman–Crippen LogP) is 2.58. The first-order valence-corrected chi connectivity index (χ1v) is 5.82. The Hall–Kier alpha value is -1.29. The van der Waals surface area contributed by atoms with Crippen LogP contribution >= 0.6 is 0 Å². The number of halogens is 1. The van der Waals surface area contributed by atoms with Crippen LogP contribution in [0.4, 0.5) is 15.8 Å². The van der Waals surface area contributed by atoms with Crippen molar-refractivity contribution in [3.8, 4) is 0 Å². The van der Waals surface area contributed by atoms with E-state index in [1.54, 1.807) is 20.1 Å². The minimum atomic E-state index is -0.262. The fraction of sp³-hybridized carbons (Fsp3) is 0.538. The zero-order valence-corrected chi connectivity index (χ0v) is 11.0. The number of benzene rings is 1. The van der Waals surface area contributed by atoms with Crippen molar-refractivity contribution in [2.45, 2.75) is 26.8 Å². The van der Waals surface area contributed by atoms with Crippen LogP contribution in [0.3, 0.4) is 0 Å². The summed E-state index contributed by atoms with van der Waals surface area (Å²) in [6.07, 6.45) is 0. The normalized spacial score (nSPS) is 12.5. The molecule has 0 fully saturated rings. The highest BCUT2D eigenvalue weighted by atomic mass is 19.1. The summed E-state index contributed by atoms with van der Waals surface area (Å²) >= 11 is 0. The number of methoxy groups -OCH3 is 1. The minimum Gasteiger partial charge on any atom is -0.397 e. The number of aryl methyl sites for hydroxylation is 1. The Kier molecular flexibility index (Phi) is 4.75. The molecule has 0 amide bonds. The molecule has 1 aromatic rings. The van der Waals surface area contributed by atoms with E-state index < -0.39 is 0 Å². The third-order valence-corrected chi connectivity index (χ3v) is 2.90. The van der Waals surface area contributed by atoms with E-state index in [-0.39, 0.29) is 11.9 Å². The molecule has 0 bridgehead atoms. The highest BCUT2D eigenvalue weighted by molar-refractivity contribution is 5.69. The van der Waals surface area contributed by atoms with Gasteiger partial charge in [0.15, 0.2) is 0 Å². The topological polar surface area (TPSA) is 38.5 Å². The molecule has 3 nitrogen and oxygen atoms in total. The van der Waals surface area contributed by atoms with Crippen LogP contribution in [0.1, 0.15) is 19.4 Å². The second kappa shape index (κ2) is 5.87. The molecule has 0 heterocycles. The van der Waals surface area contributed by atoms with Gasteiger partial charge in [0.2, 0.25) is 0 Å². The maximum atomic E-state index is 13.4. The Morgan fingerprint density at radius 1 is 1.47 bits per heavy atom. The molecular weight excluding hydrogens is 219 g/mol. The molecule has 0 radical (unpaired) electrons. The summed E-state index contributed by atoms with van der Waals surface area (Å²) < 4.78 is 18.5. The van der Waals surface area contributed by atoms with Gasteiger partial charge in [0.25, 0.3) is 0 Å². The fourth-order valence-electron chi connectivity index (χ4n) is 1.98. The van der Waals surface area contributed by atoms with E-state index in [2.05, 4.69) is 11.8 Å². The highest BCUT2D eigenvalue weighted by Crippen LogP contribution is 2.27. The van der Waals surface area contributed by atoms with Crippen molar-refractivity contribution in [1.29, 1.82) is 0 Å². The van der Waals surface area contributed by atoms with Crippen molar-refractivity contribution in [1.82, 2.24) is 0 Å². The van der Waals surface area contributed by atoms with Crippen LogP contribution in [0, 0.1) is 12.7 Å².